The third-order valence-corrected chi connectivity index (χ3v) is 6.61. The summed E-state index contributed by atoms with van der Waals surface area (Å²) >= 11 is 1.46. The minimum atomic E-state index is -4.53. The molecule has 0 bridgehead atoms. The van der Waals surface area contributed by atoms with Crippen molar-refractivity contribution in [1.82, 2.24) is 24.8 Å². The van der Waals surface area contributed by atoms with E-state index in [2.05, 4.69) is 20.7 Å². The number of rotatable bonds is 3. The van der Waals surface area contributed by atoms with E-state index in [9.17, 15) is 22.8 Å². The predicted octanol–water partition coefficient (Wildman–Crippen LogP) is 3.24. The van der Waals surface area contributed by atoms with Crippen molar-refractivity contribution in [2.24, 2.45) is 5.41 Å². The van der Waals surface area contributed by atoms with Gasteiger partial charge in [0, 0.05) is 42.3 Å². The summed E-state index contributed by atoms with van der Waals surface area (Å²) in [5.74, 6) is -0.0470. The fraction of sp³-hybridized carbons (Fsp3) is 0.368. The van der Waals surface area contributed by atoms with E-state index < -0.39 is 17.8 Å². The van der Waals surface area contributed by atoms with Crippen molar-refractivity contribution < 1.29 is 22.8 Å². The summed E-state index contributed by atoms with van der Waals surface area (Å²) in [5.41, 5.74) is -0.367. The number of aromatic nitrogens is 3. The number of hydrogen-bond donors (Lipinski definition) is 2. The molecule has 1 saturated carbocycles. The van der Waals surface area contributed by atoms with Crippen LogP contribution in [0.3, 0.4) is 0 Å². The van der Waals surface area contributed by atoms with Crippen LogP contribution in [0, 0.1) is 5.41 Å². The maximum Gasteiger partial charge on any atom is 0.417 e. The van der Waals surface area contributed by atoms with E-state index in [1.807, 2.05) is 5.38 Å². The summed E-state index contributed by atoms with van der Waals surface area (Å²) in [6.07, 6.45) is 2.15. The normalized spacial score (nSPS) is 18.0. The van der Waals surface area contributed by atoms with Gasteiger partial charge >= 0.3 is 12.2 Å². The number of halogens is 3. The third-order valence-electron chi connectivity index (χ3n) is 5.72. The van der Waals surface area contributed by atoms with Gasteiger partial charge in [0.05, 0.1) is 29.2 Å². The lowest BCUT2D eigenvalue weighted by molar-refractivity contribution is -0.137. The number of carbonyl (C=O) groups is 2. The van der Waals surface area contributed by atoms with Crippen LogP contribution in [0.2, 0.25) is 0 Å². The first-order valence-electron chi connectivity index (χ1n) is 9.52. The minimum absolute atomic E-state index is 0.00685. The van der Waals surface area contributed by atoms with Crippen LogP contribution in [-0.4, -0.2) is 50.6 Å². The van der Waals surface area contributed by atoms with Gasteiger partial charge in [0.1, 0.15) is 4.83 Å². The van der Waals surface area contributed by atoms with Crippen LogP contribution in [0.1, 0.15) is 28.8 Å². The zero-order valence-electron chi connectivity index (χ0n) is 16.0. The molecule has 2 fully saturated rings. The van der Waals surface area contributed by atoms with Gasteiger partial charge in [-0.25, -0.2) is 9.31 Å². The smallest absolute Gasteiger partial charge is 0.337 e. The molecule has 3 aromatic heterocycles. The molecule has 162 valence electrons. The fourth-order valence-corrected chi connectivity index (χ4v) is 5.10. The summed E-state index contributed by atoms with van der Waals surface area (Å²) in [4.78, 5) is 30.9. The van der Waals surface area contributed by atoms with Crippen LogP contribution in [-0.2, 0) is 6.18 Å². The number of hydrogen-bond acceptors (Lipinski definition) is 5. The monoisotopic (exact) mass is 450 g/mol. The molecule has 12 heteroatoms. The van der Waals surface area contributed by atoms with Gasteiger partial charge in [-0.2, -0.15) is 18.3 Å². The van der Waals surface area contributed by atoms with Crippen molar-refractivity contribution in [3.63, 3.8) is 0 Å². The number of nitrogens with zero attached hydrogens (tertiary/aromatic N) is 4. The van der Waals surface area contributed by atoms with Gasteiger partial charge in [-0.05, 0) is 18.9 Å². The average molecular weight is 450 g/mol. The fourth-order valence-electron chi connectivity index (χ4n) is 4.31. The Balaban J connectivity index is 1.11. The van der Waals surface area contributed by atoms with E-state index in [0.29, 0.717) is 37.7 Å². The lowest BCUT2D eigenvalue weighted by Crippen LogP contribution is -2.67. The topological polar surface area (TPSA) is 91.6 Å². The molecular formula is C19H17F3N6O2S. The van der Waals surface area contributed by atoms with E-state index in [1.54, 1.807) is 21.8 Å². The second-order valence-corrected chi connectivity index (χ2v) is 8.93. The second-order valence-electron chi connectivity index (χ2n) is 8.04. The van der Waals surface area contributed by atoms with Crippen molar-refractivity contribution in [1.29, 1.82) is 0 Å². The highest BCUT2D eigenvalue weighted by molar-refractivity contribution is 7.15. The summed E-state index contributed by atoms with van der Waals surface area (Å²) < 4.78 is 39.9. The molecule has 3 amide bonds. The van der Waals surface area contributed by atoms with E-state index in [1.165, 1.54) is 11.3 Å². The molecule has 1 spiro atoms. The third kappa shape index (κ3) is 3.60. The number of anilines is 1. The van der Waals surface area contributed by atoms with Crippen LogP contribution >= 0.6 is 11.3 Å². The molecule has 1 aliphatic heterocycles. The molecule has 5 rings (SSSR count). The van der Waals surface area contributed by atoms with Gasteiger partial charge < -0.3 is 15.5 Å². The Hall–Kier alpha value is -3.15. The zero-order chi connectivity index (χ0) is 21.8. The summed E-state index contributed by atoms with van der Waals surface area (Å²) in [6, 6.07) is 0.176. The first kappa shape index (κ1) is 19.8. The lowest BCUT2D eigenvalue weighted by atomic mass is 9.60. The van der Waals surface area contributed by atoms with Crippen LogP contribution in [0.4, 0.5) is 23.7 Å². The molecule has 0 atom stereocenters. The number of thiazole rings is 1. The molecule has 0 radical (unpaired) electrons. The van der Waals surface area contributed by atoms with E-state index >= 15 is 0 Å². The van der Waals surface area contributed by atoms with Gasteiger partial charge in [0.25, 0.3) is 5.91 Å². The highest BCUT2D eigenvalue weighted by Gasteiger charge is 2.54. The molecule has 2 N–H and O–H groups in total. The Bertz CT molecular complexity index is 1160. The quantitative estimate of drug-likeness (QED) is 0.641. The van der Waals surface area contributed by atoms with Crippen molar-refractivity contribution in [3.8, 4) is 0 Å². The van der Waals surface area contributed by atoms with Crippen LogP contribution in [0.25, 0.3) is 4.83 Å². The minimum Gasteiger partial charge on any atom is -0.337 e. The molecule has 3 aromatic rings. The summed E-state index contributed by atoms with van der Waals surface area (Å²) in [7, 11) is 0. The summed E-state index contributed by atoms with van der Waals surface area (Å²) in [6.45, 7) is 1.23. The number of urea groups is 1. The van der Waals surface area contributed by atoms with E-state index in [-0.39, 0.29) is 23.1 Å². The first-order valence-corrected chi connectivity index (χ1v) is 10.4. The molecule has 8 nitrogen and oxygen atoms in total. The Morgan fingerprint density at radius 2 is 1.97 bits per heavy atom. The predicted molar refractivity (Wildman–Crippen MR) is 106 cm³/mol. The number of carbonyl (C=O) groups excluding carboxylic acids is 2. The lowest BCUT2D eigenvalue weighted by Gasteiger charge is -2.58. The van der Waals surface area contributed by atoms with E-state index in [0.717, 1.165) is 17.1 Å². The molecule has 1 aliphatic carbocycles. The Morgan fingerprint density at radius 1 is 1.19 bits per heavy atom. The van der Waals surface area contributed by atoms with Crippen molar-refractivity contribution in [2.75, 3.05) is 18.4 Å². The van der Waals surface area contributed by atoms with Crippen molar-refractivity contribution in [3.05, 3.63) is 47.4 Å². The first-order chi connectivity index (χ1) is 14.7. The highest BCUT2D eigenvalue weighted by Crippen LogP contribution is 2.48. The molecule has 31 heavy (non-hydrogen) atoms. The molecule has 2 aliphatic rings. The van der Waals surface area contributed by atoms with Gasteiger partial charge in [0.2, 0.25) is 0 Å². The Morgan fingerprint density at radius 3 is 2.71 bits per heavy atom. The molecule has 4 heterocycles. The second kappa shape index (κ2) is 6.94. The standard InChI is InChI=1S/C19H17F3N6O2S/c20-19(21,22)11-3-12(7-23-6-11)25-17(30)26-13-4-18(5-13)9-27(10-18)15(29)14-8-24-28-1-2-31-16(14)28/h1-3,6-8,13H,4-5,9-10H2,(H2,25,26,30). The van der Waals surface area contributed by atoms with Gasteiger partial charge in [-0.1, -0.05) is 0 Å². The number of nitrogens with one attached hydrogen (secondary N) is 2. The highest BCUT2D eigenvalue weighted by atomic mass is 32.1. The maximum absolute atomic E-state index is 12.7. The van der Waals surface area contributed by atoms with Crippen molar-refractivity contribution >= 4 is 33.8 Å². The van der Waals surface area contributed by atoms with Gasteiger partial charge in [0.15, 0.2) is 0 Å². The SMILES string of the molecule is O=C(Nc1cncc(C(F)(F)F)c1)NC1CC2(C1)CN(C(=O)c1cnn3ccsc13)C2. The molecule has 0 aromatic carbocycles. The Kier molecular flexibility index (Phi) is 4.43. The van der Waals surface area contributed by atoms with Crippen molar-refractivity contribution in [2.45, 2.75) is 25.1 Å². The van der Waals surface area contributed by atoms with Gasteiger partial charge in [-0.15, -0.1) is 11.3 Å². The Labute approximate surface area is 178 Å². The molecule has 1 saturated heterocycles. The van der Waals surface area contributed by atoms with Gasteiger partial charge in [-0.3, -0.25) is 9.78 Å². The van der Waals surface area contributed by atoms with Crippen LogP contribution in [0.5, 0.6) is 0 Å². The maximum atomic E-state index is 12.7. The number of fused-ring (bicyclic) bond motifs is 1. The van der Waals surface area contributed by atoms with E-state index in [4.69, 9.17) is 0 Å². The number of pyridine rings is 1. The van der Waals surface area contributed by atoms with Crippen LogP contribution in [0.15, 0.2) is 36.2 Å². The summed E-state index contributed by atoms with van der Waals surface area (Å²) in [5, 5.41) is 11.2. The average Bonchev–Trinajstić information content (AvgIpc) is 3.25. The number of likely N-dealkylation sites (tertiary alicyclic amines) is 1. The number of alkyl halides is 3. The van der Waals surface area contributed by atoms with Crippen LogP contribution < -0.4 is 10.6 Å². The zero-order valence-corrected chi connectivity index (χ0v) is 16.8. The number of amides is 3. The molecular weight excluding hydrogens is 433 g/mol. The molecule has 0 unspecified atom stereocenters. The largest absolute Gasteiger partial charge is 0.417 e.